The molecule has 1 saturated heterocycles. The van der Waals surface area contributed by atoms with Gasteiger partial charge in [0.25, 0.3) is 5.91 Å². The minimum Gasteiger partial charge on any atom is -0.484 e. The van der Waals surface area contributed by atoms with Crippen molar-refractivity contribution in [3.05, 3.63) is 29.8 Å². The standard InChI is InChI=1S/C17H21F2NO4S/c18-15-6-5-14(9-16(15)19)24-10-17(21)20(12-3-1-2-4-12)13-7-8-25(22,23)11-13/h5-6,9,12-13H,1-4,7-8,10-11H2. The van der Waals surface area contributed by atoms with Crippen LogP contribution in [0.15, 0.2) is 18.2 Å². The molecule has 1 aromatic carbocycles. The van der Waals surface area contributed by atoms with Crippen LogP contribution in [0.1, 0.15) is 32.1 Å². The predicted octanol–water partition coefficient (Wildman–Crippen LogP) is 2.30. The number of nitrogens with zero attached hydrogens (tertiary/aromatic N) is 1. The highest BCUT2D eigenvalue weighted by Gasteiger charge is 2.39. The summed E-state index contributed by atoms with van der Waals surface area (Å²) in [5.41, 5.74) is 0. The number of rotatable bonds is 5. The van der Waals surface area contributed by atoms with Crippen LogP contribution in [0.25, 0.3) is 0 Å². The molecule has 5 nitrogen and oxygen atoms in total. The number of ether oxygens (including phenoxy) is 1. The second-order valence-corrected chi connectivity index (χ2v) is 8.89. The Bertz CT molecular complexity index is 747. The van der Waals surface area contributed by atoms with Crippen molar-refractivity contribution < 1.29 is 26.7 Å². The third kappa shape index (κ3) is 4.29. The van der Waals surface area contributed by atoms with E-state index in [1.165, 1.54) is 6.07 Å². The summed E-state index contributed by atoms with van der Waals surface area (Å²) < 4.78 is 55.0. The fourth-order valence-corrected chi connectivity index (χ4v) is 5.38. The number of halogens is 2. The van der Waals surface area contributed by atoms with Gasteiger partial charge >= 0.3 is 0 Å². The average molecular weight is 373 g/mol. The number of amides is 1. The summed E-state index contributed by atoms with van der Waals surface area (Å²) in [6, 6.07) is 2.79. The van der Waals surface area contributed by atoms with Crippen LogP contribution in [0.3, 0.4) is 0 Å². The smallest absolute Gasteiger partial charge is 0.261 e. The van der Waals surface area contributed by atoms with Crippen molar-refractivity contribution in [2.75, 3.05) is 18.1 Å². The quantitative estimate of drug-likeness (QED) is 0.795. The summed E-state index contributed by atoms with van der Waals surface area (Å²) in [4.78, 5) is 14.4. The van der Waals surface area contributed by atoms with Gasteiger partial charge in [-0.3, -0.25) is 4.79 Å². The lowest BCUT2D eigenvalue weighted by Gasteiger charge is -2.34. The average Bonchev–Trinajstić information content (AvgIpc) is 3.19. The molecular weight excluding hydrogens is 352 g/mol. The van der Waals surface area contributed by atoms with E-state index >= 15 is 0 Å². The zero-order valence-corrected chi connectivity index (χ0v) is 14.6. The molecule has 25 heavy (non-hydrogen) atoms. The van der Waals surface area contributed by atoms with E-state index in [1.807, 2.05) is 0 Å². The van der Waals surface area contributed by atoms with Gasteiger partial charge in [-0.2, -0.15) is 0 Å². The van der Waals surface area contributed by atoms with Gasteiger partial charge in [0.2, 0.25) is 0 Å². The second-order valence-electron chi connectivity index (χ2n) is 6.66. The molecular formula is C17H21F2NO4S. The molecule has 0 bridgehead atoms. The highest BCUT2D eigenvalue weighted by molar-refractivity contribution is 7.91. The number of benzene rings is 1. The SMILES string of the molecule is O=C(COc1ccc(F)c(F)c1)N(C1CCCC1)C1CCS(=O)(=O)C1. The molecule has 0 N–H and O–H groups in total. The van der Waals surface area contributed by atoms with E-state index in [-0.39, 0.29) is 41.9 Å². The van der Waals surface area contributed by atoms with Gasteiger partial charge in [0.15, 0.2) is 28.1 Å². The molecule has 138 valence electrons. The Balaban J connectivity index is 1.69. The number of hydrogen-bond donors (Lipinski definition) is 0. The van der Waals surface area contributed by atoms with Crippen LogP contribution in [-0.2, 0) is 14.6 Å². The van der Waals surface area contributed by atoms with Crippen LogP contribution in [0.5, 0.6) is 5.75 Å². The first-order chi connectivity index (χ1) is 11.9. The Morgan fingerprint density at radius 2 is 1.84 bits per heavy atom. The van der Waals surface area contributed by atoms with Crippen LogP contribution < -0.4 is 4.74 Å². The maximum Gasteiger partial charge on any atom is 0.261 e. The summed E-state index contributed by atoms with van der Waals surface area (Å²) in [5.74, 6) is -2.18. The summed E-state index contributed by atoms with van der Waals surface area (Å²) in [7, 11) is -3.11. The van der Waals surface area contributed by atoms with Crippen molar-refractivity contribution in [3.63, 3.8) is 0 Å². The van der Waals surface area contributed by atoms with E-state index < -0.39 is 21.5 Å². The van der Waals surface area contributed by atoms with Gasteiger partial charge < -0.3 is 9.64 Å². The molecule has 0 radical (unpaired) electrons. The number of carbonyl (C=O) groups excluding carboxylic acids is 1. The summed E-state index contributed by atoms with van der Waals surface area (Å²) in [6.07, 6.45) is 4.17. The van der Waals surface area contributed by atoms with Gasteiger partial charge in [0.05, 0.1) is 11.5 Å². The lowest BCUT2D eigenvalue weighted by Crippen LogP contribution is -2.48. The lowest BCUT2D eigenvalue weighted by atomic mass is 10.1. The Kier molecular flexibility index (Phi) is 5.27. The van der Waals surface area contributed by atoms with E-state index in [9.17, 15) is 22.0 Å². The van der Waals surface area contributed by atoms with Crippen LogP contribution >= 0.6 is 0 Å². The summed E-state index contributed by atoms with van der Waals surface area (Å²) in [5, 5.41) is 0. The Morgan fingerprint density at radius 3 is 2.44 bits per heavy atom. The molecule has 1 atom stereocenters. The van der Waals surface area contributed by atoms with Crippen LogP contribution in [0, 0.1) is 11.6 Å². The van der Waals surface area contributed by atoms with Gasteiger partial charge in [-0.1, -0.05) is 12.8 Å². The maximum atomic E-state index is 13.2. The second kappa shape index (κ2) is 7.27. The molecule has 1 unspecified atom stereocenters. The molecule has 1 heterocycles. The van der Waals surface area contributed by atoms with Crippen molar-refractivity contribution in [2.45, 2.75) is 44.2 Å². The van der Waals surface area contributed by atoms with Crippen molar-refractivity contribution in [1.82, 2.24) is 4.90 Å². The van der Waals surface area contributed by atoms with Crippen LogP contribution in [-0.4, -0.2) is 49.4 Å². The fraction of sp³-hybridized carbons (Fsp3) is 0.588. The first kappa shape index (κ1) is 18.1. The lowest BCUT2D eigenvalue weighted by molar-refractivity contribution is -0.137. The summed E-state index contributed by atoms with van der Waals surface area (Å²) >= 11 is 0. The highest BCUT2D eigenvalue weighted by Crippen LogP contribution is 2.29. The minimum atomic E-state index is -3.11. The van der Waals surface area contributed by atoms with E-state index in [0.29, 0.717) is 6.42 Å². The zero-order valence-electron chi connectivity index (χ0n) is 13.8. The molecule has 1 aliphatic heterocycles. The highest BCUT2D eigenvalue weighted by atomic mass is 32.2. The van der Waals surface area contributed by atoms with Crippen molar-refractivity contribution in [2.24, 2.45) is 0 Å². The van der Waals surface area contributed by atoms with Crippen LogP contribution in [0.2, 0.25) is 0 Å². The third-order valence-corrected chi connectivity index (χ3v) is 6.61. The fourth-order valence-electron chi connectivity index (χ4n) is 3.67. The largest absolute Gasteiger partial charge is 0.484 e. The van der Waals surface area contributed by atoms with Gasteiger partial charge in [0, 0.05) is 18.2 Å². The van der Waals surface area contributed by atoms with Gasteiger partial charge in [-0.05, 0) is 31.4 Å². The number of sulfone groups is 1. The molecule has 0 spiro atoms. The Morgan fingerprint density at radius 1 is 1.12 bits per heavy atom. The molecule has 3 rings (SSSR count). The van der Waals surface area contributed by atoms with Gasteiger partial charge in [0.1, 0.15) is 5.75 Å². The zero-order chi connectivity index (χ0) is 18.0. The molecule has 0 aromatic heterocycles. The third-order valence-electron chi connectivity index (χ3n) is 4.86. The molecule has 1 saturated carbocycles. The van der Waals surface area contributed by atoms with Gasteiger partial charge in [-0.25, -0.2) is 17.2 Å². The van der Waals surface area contributed by atoms with E-state index in [4.69, 9.17) is 4.74 Å². The predicted molar refractivity (Wildman–Crippen MR) is 88.0 cm³/mol. The van der Waals surface area contributed by atoms with Crippen molar-refractivity contribution in [1.29, 1.82) is 0 Å². The minimum absolute atomic E-state index is 0.0135. The monoisotopic (exact) mass is 373 g/mol. The molecule has 1 amide bonds. The van der Waals surface area contributed by atoms with E-state index in [0.717, 1.165) is 37.8 Å². The Hall–Kier alpha value is -1.70. The van der Waals surface area contributed by atoms with E-state index in [1.54, 1.807) is 4.90 Å². The first-order valence-corrected chi connectivity index (χ1v) is 10.3. The molecule has 1 aromatic rings. The maximum absolute atomic E-state index is 13.2. The van der Waals surface area contributed by atoms with Crippen LogP contribution in [0.4, 0.5) is 8.78 Å². The van der Waals surface area contributed by atoms with Crippen molar-refractivity contribution in [3.8, 4) is 5.75 Å². The topological polar surface area (TPSA) is 63.7 Å². The van der Waals surface area contributed by atoms with E-state index in [2.05, 4.69) is 0 Å². The normalized spacial score (nSPS) is 22.9. The molecule has 2 aliphatic rings. The molecule has 8 heteroatoms. The van der Waals surface area contributed by atoms with Crippen molar-refractivity contribution >= 4 is 15.7 Å². The molecule has 1 aliphatic carbocycles. The summed E-state index contributed by atoms with van der Waals surface area (Å²) in [6.45, 7) is -0.321. The number of carbonyl (C=O) groups is 1. The molecule has 2 fully saturated rings. The Labute approximate surface area is 145 Å². The number of hydrogen-bond acceptors (Lipinski definition) is 4. The van der Waals surface area contributed by atoms with Gasteiger partial charge in [-0.15, -0.1) is 0 Å². The first-order valence-electron chi connectivity index (χ1n) is 8.45.